The van der Waals surface area contributed by atoms with E-state index in [4.69, 9.17) is 10.5 Å². The van der Waals surface area contributed by atoms with Crippen molar-refractivity contribution in [2.75, 3.05) is 11.9 Å². The van der Waals surface area contributed by atoms with Gasteiger partial charge in [-0.25, -0.2) is 4.79 Å². The van der Waals surface area contributed by atoms with Crippen molar-refractivity contribution in [2.24, 2.45) is 11.7 Å². The molecular formula is C30H33N5O4S. The van der Waals surface area contributed by atoms with Crippen LogP contribution >= 0.6 is 11.3 Å². The number of ether oxygens (including phenoxy) is 1. The largest absolute Gasteiger partial charge is 0.444 e. The zero-order valence-corrected chi connectivity index (χ0v) is 23.7. The number of fused-ring (bicyclic) bond motifs is 1. The number of thiophene rings is 1. The van der Waals surface area contributed by atoms with E-state index in [1.807, 2.05) is 70.2 Å². The van der Waals surface area contributed by atoms with Crippen molar-refractivity contribution in [3.05, 3.63) is 94.9 Å². The first-order valence-electron chi connectivity index (χ1n) is 12.9. The Labute approximate surface area is 237 Å². The van der Waals surface area contributed by atoms with Crippen LogP contribution in [0.15, 0.2) is 73.3 Å². The number of amides is 2. The van der Waals surface area contributed by atoms with Crippen LogP contribution in [0.2, 0.25) is 0 Å². The molecule has 0 bridgehead atoms. The molecule has 2 amide bonds. The predicted octanol–water partition coefficient (Wildman–Crippen LogP) is 5.84. The van der Waals surface area contributed by atoms with Crippen LogP contribution in [-0.2, 0) is 10.3 Å². The lowest BCUT2D eigenvalue weighted by atomic mass is 9.94. The summed E-state index contributed by atoms with van der Waals surface area (Å²) in [5, 5.41) is 10.6. The SMILES string of the molecule is C=CCOC(=O)n1nc(NC(=O)c2ccc(C(N)C(C)C)cc2)c2cc(C(=O)NC(C)(C)c3ccccc3)sc21. The first-order valence-corrected chi connectivity index (χ1v) is 13.7. The smallest absolute Gasteiger partial charge is 0.436 e. The van der Waals surface area contributed by atoms with Crippen molar-refractivity contribution >= 4 is 45.3 Å². The van der Waals surface area contributed by atoms with Crippen LogP contribution in [0.4, 0.5) is 10.6 Å². The standard InChI is InChI=1S/C30H33N5O4S/c1-6-16-39-29(38)35-28-22(17-23(40-28)27(37)33-30(4,5)21-10-8-7-9-11-21)25(34-35)32-26(36)20-14-12-19(13-15-20)24(31)18(2)3/h6-15,17-18,24H,1,16,31H2,2-5H3,(H,33,37)(H,32,34,36). The Kier molecular flexibility index (Phi) is 8.51. The number of anilines is 1. The second-order valence-corrected chi connectivity index (χ2v) is 11.3. The predicted molar refractivity (Wildman–Crippen MR) is 158 cm³/mol. The highest BCUT2D eigenvalue weighted by Crippen LogP contribution is 2.33. The minimum Gasteiger partial charge on any atom is -0.444 e. The average molecular weight is 560 g/mol. The first kappa shape index (κ1) is 28.7. The van der Waals surface area contributed by atoms with Crippen LogP contribution in [0.25, 0.3) is 10.2 Å². The Balaban J connectivity index is 1.64. The Morgan fingerprint density at radius 2 is 1.77 bits per heavy atom. The van der Waals surface area contributed by atoms with Crippen LogP contribution < -0.4 is 16.4 Å². The fourth-order valence-electron chi connectivity index (χ4n) is 4.12. The lowest BCUT2D eigenvalue weighted by Crippen LogP contribution is -2.40. The maximum absolute atomic E-state index is 13.3. The van der Waals surface area contributed by atoms with Gasteiger partial charge in [-0.15, -0.1) is 16.4 Å². The maximum Gasteiger partial charge on any atom is 0.436 e. The fourth-order valence-corrected chi connectivity index (χ4v) is 5.12. The summed E-state index contributed by atoms with van der Waals surface area (Å²) in [5.74, 6) is -0.356. The van der Waals surface area contributed by atoms with Gasteiger partial charge in [-0.3, -0.25) is 9.59 Å². The van der Waals surface area contributed by atoms with Gasteiger partial charge in [0.1, 0.15) is 11.4 Å². The number of hydrogen-bond acceptors (Lipinski definition) is 7. The molecule has 0 aliphatic heterocycles. The monoisotopic (exact) mass is 559 g/mol. The van der Waals surface area contributed by atoms with Gasteiger partial charge in [0, 0.05) is 11.6 Å². The third kappa shape index (κ3) is 6.13. The normalized spacial score (nSPS) is 12.2. The van der Waals surface area contributed by atoms with Crippen molar-refractivity contribution in [3.8, 4) is 0 Å². The number of nitrogens with two attached hydrogens (primary N) is 1. The Bertz CT molecular complexity index is 1540. The van der Waals surface area contributed by atoms with Gasteiger partial charge in [-0.2, -0.15) is 4.68 Å². The van der Waals surface area contributed by atoms with E-state index in [-0.39, 0.29) is 30.3 Å². The summed E-state index contributed by atoms with van der Waals surface area (Å²) in [7, 11) is 0. The van der Waals surface area contributed by atoms with Crippen LogP contribution in [0.5, 0.6) is 0 Å². The molecule has 208 valence electrons. The van der Waals surface area contributed by atoms with Crippen molar-refractivity contribution < 1.29 is 19.1 Å². The van der Waals surface area contributed by atoms with E-state index in [0.29, 0.717) is 20.7 Å². The summed E-state index contributed by atoms with van der Waals surface area (Å²) in [4.78, 5) is 39.9. The summed E-state index contributed by atoms with van der Waals surface area (Å²) >= 11 is 1.08. The third-order valence-electron chi connectivity index (χ3n) is 6.51. The van der Waals surface area contributed by atoms with Crippen molar-refractivity contribution in [2.45, 2.75) is 39.3 Å². The fraction of sp³-hybridized carbons (Fsp3) is 0.267. The summed E-state index contributed by atoms with van der Waals surface area (Å²) in [6, 6.07) is 18.1. The molecule has 2 heterocycles. The molecule has 40 heavy (non-hydrogen) atoms. The van der Waals surface area contributed by atoms with E-state index < -0.39 is 17.5 Å². The number of nitrogens with one attached hydrogen (secondary N) is 2. The quantitative estimate of drug-likeness (QED) is 0.221. The van der Waals surface area contributed by atoms with E-state index in [0.717, 1.165) is 27.1 Å². The molecule has 2 aromatic heterocycles. The van der Waals surface area contributed by atoms with Crippen molar-refractivity contribution in [1.82, 2.24) is 15.1 Å². The molecule has 4 rings (SSSR count). The molecule has 0 aliphatic rings. The number of carbonyl (C=O) groups excluding carboxylic acids is 3. The molecular weight excluding hydrogens is 526 g/mol. The molecule has 0 spiro atoms. The van der Waals surface area contributed by atoms with E-state index >= 15 is 0 Å². The van der Waals surface area contributed by atoms with Crippen LogP contribution in [0.3, 0.4) is 0 Å². The second kappa shape index (κ2) is 11.8. The second-order valence-electron chi connectivity index (χ2n) is 10.2. The van der Waals surface area contributed by atoms with Crippen molar-refractivity contribution in [1.29, 1.82) is 0 Å². The van der Waals surface area contributed by atoms with Gasteiger partial charge in [0.2, 0.25) is 0 Å². The number of aromatic nitrogens is 2. The van der Waals surface area contributed by atoms with Crippen molar-refractivity contribution in [3.63, 3.8) is 0 Å². The highest BCUT2D eigenvalue weighted by molar-refractivity contribution is 7.20. The maximum atomic E-state index is 13.3. The minimum absolute atomic E-state index is 0.0171. The molecule has 9 nitrogen and oxygen atoms in total. The molecule has 0 aliphatic carbocycles. The van der Waals surface area contributed by atoms with Gasteiger partial charge in [0.25, 0.3) is 11.8 Å². The van der Waals surface area contributed by atoms with E-state index in [1.165, 1.54) is 6.08 Å². The molecule has 0 fully saturated rings. The molecule has 4 N–H and O–H groups in total. The van der Waals surface area contributed by atoms with Gasteiger partial charge in [-0.05, 0) is 49.1 Å². The molecule has 4 aromatic rings. The lowest BCUT2D eigenvalue weighted by molar-refractivity contribution is 0.0915. The number of rotatable bonds is 9. The van der Waals surface area contributed by atoms with Gasteiger partial charge < -0.3 is 21.1 Å². The lowest BCUT2D eigenvalue weighted by Gasteiger charge is -2.26. The summed E-state index contributed by atoms with van der Waals surface area (Å²) < 4.78 is 6.22. The molecule has 1 unspecified atom stereocenters. The molecule has 1 atom stereocenters. The van der Waals surface area contributed by atoms with Gasteiger partial charge in [0.05, 0.1) is 15.8 Å². The average Bonchev–Trinajstić information content (AvgIpc) is 3.52. The Hall–Kier alpha value is -4.28. The molecule has 0 radical (unpaired) electrons. The zero-order valence-electron chi connectivity index (χ0n) is 22.9. The Morgan fingerprint density at radius 1 is 1.10 bits per heavy atom. The van der Waals surface area contributed by atoms with Gasteiger partial charge in [-0.1, -0.05) is 69.0 Å². The number of benzene rings is 2. The molecule has 0 saturated heterocycles. The summed E-state index contributed by atoms with van der Waals surface area (Å²) in [6.07, 6.45) is 0.686. The first-order chi connectivity index (χ1) is 19.0. The number of hydrogen-bond donors (Lipinski definition) is 3. The highest BCUT2D eigenvalue weighted by Gasteiger charge is 2.27. The van der Waals surface area contributed by atoms with E-state index in [1.54, 1.807) is 18.2 Å². The third-order valence-corrected chi connectivity index (χ3v) is 7.62. The zero-order chi connectivity index (χ0) is 29.0. The van der Waals surface area contributed by atoms with E-state index in [9.17, 15) is 14.4 Å². The topological polar surface area (TPSA) is 128 Å². The van der Waals surface area contributed by atoms with Gasteiger partial charge >= 0.3 is 6.09 Å². The number of carbonyl (C=O) groups is 3. The van der Waals surface area contributed by atoms with E-state index in [2.05, 4.69) is 22.3 Å². The van der Waals surface area contributed by atoms with Gasteiger partial charge in [0.15, 0.2) is 5.82 Å². The highest BCUT2D eigenvalue weighted by atomic mass is 32.1. The minimum atomic E-state index is -0.754. The summed E-state index contributed by atoms with van der Waals surface area (Å²) in [6.45, 7) is 11.4. The van der Waals surface area contributed by atoms with Crippen LogP contribution in [0.1, 0.15) is 64.9 Å². The molecule has 10 heteroatoms. The molecule has 2 aromatic carbocycles. The Morgan fingerprint density at radius 3 is 2.40 bits per heavy atom. The summed E-state index contributed by atoms with van der Waals surface area (Å²) in [5.41, 5.74) is 7.84. The number of nitrogens with zero attached hydrogens (tertiary/aromatic N) is 2. The van der Waals surface area contributed by atoms with Crippen LogP contribution in [-0.4, -0.2) is 34.3 Å². The van der Waals surface area contributed by atoms with Crippen LogP contribution in [0, 0.1) is 5.92 Å². The molecule has 0 saturated carbocycles.